The van der Waals surface area contributed by atoms with Crippen molar-refractivity contribution in [2.24, 2.45) is 0 Å². The minimum atomic E-state index is -0.542. The fourth-order valence-corrected chi connectivity index (χ4v) is 4.73. The predicted molar refractivity (Wildman–Crippen MR) is 95.2 cm³/mol. The minimum Gasteiger partial charge on any atom is -0.501 e. The van der Waals surface area contributed by atoms with Crippen LogP contribution in [0.5, 0.6) is 5.75 Å². The molecule has 1 aliphatic heterocycles. The van der Waals surface area contributed by atoms with Crippen LogP contribution in [0.3, 0.4) is 0 Å². The van der Waals surface area contributed by atoms with E-state index < -0.39 is 17.2 Å². The number of fused-ring (bicyclic) bond motifs is 2. The topological polar surface area (TPSA) is 84.2 Å². The largest absolute Gasteiger partial charge is 0.501 e. The van der Waals surface area contributed by atoms with Gasteiger partial charge < -0.3 is 10.4 Å². The molecule has 2 aromatic rings. The molecule has 1 aliphatic carbocycles. The Hall–Kier alpha value is -2.15. The first kappa shape index (κ1) is 16.3. The number of nitrogens with one attached hydrogen (secondary N) is 1. The lowest BCUT2D eigenvalue weighted by molar-refractivity contribution is 0.0938. The van der Waals surface area contributed by atoms with Crippen molar-refractivity contribution in [2.45, 2.75) is 57.5 Å². The van der Waals surface area contributed by atoms with Gasteiger partial charge in [-0.2, -0.15) is 0 Å². The van der Waals surface area contributed by atoms with Crippen molar-refractivity contribution in [1.29, 1.82) is 0 Å². The maximum Gasteiger partial charge on any atom is 0.296 e. The minimum absolute atomic E-state index is 0.0784. The highest BCUT2D eigenvalue weighted by atomic mass is 32.1. The first-order chi connectivity index (χ1) is 12.0. The van der Waals surface area contributed by atoms with Crippen LogP contribution in [-0.2, 0) is 18.5 Å². The molecule has 6 nitrogen and oxygen atoms in total. The van der Waals surface area contributed by atoms with Gasteiger partial charge in [0.2, 0.25) is 5.75 Å². The van der Waals surface area contributed by atoms with Gasteiger partial charge in [-0.15, -0.1) is 11.3 Å². The summed E-state index contributed by atoms with van der Waals surface area (Å²) in [5.41, 5.74) is 0.435. The van der Waals surface area contributed by atoms with Crippen molar-refractivity contribution in [3.63, 3.8) is 0 Å². The first-order valence-corrected chi connectivity index (χ1v) is 9.55. The summed E-state index contributed by atoms with van der Waals surface area (Å²) < 4.78 is 1.57. The van der Waals surface area contributed by atoms with Crippen LogP contribution in [0.2, 0.25) is 0 Å². The Morgan fingerprint density at radius 1 is 1.40 bits per heavy atom. The van der Waals surface area contributed by atoms with Gasteiger partial charge in [0.15, 0.2) is 5.69 Å². The third kappa shape index (κ3) is 2.66. The highest BCUT2D eigenvalue weighted by Gasteiger charge is 2.44. The summed E-state index contributed by atoms with van der Waals surface area (Å²) in [6.45, 7) is 2.92. The van der Waals surface area contributed by atoms with E-state index in [0.717, 1.165) is 42.5 Å². The van der Waals surface area contributed by atoms with Gasteiger partial charge >= 0.3 is 0 Å². The SMILES string of the molecule is Cc1csc(CNC(=O)c2nc3n(c(=O)c2O)CCCC32CCC2)c1. The summed E-state index contributed by atoms with van der Waals surface area (Å²) >= 11 is 1.57. The fraction of sp³-hybridized carbons (Fsp3) is 0.500. The molecule has 2 N–H and O–H groups in total. The summed E-state index contributed by atoms with van der Waals surface area (Å²) in [5, 5.41) is 15.0. The van der Waals surface area contributed by atoms with E-state index in [0.29, 0.717) is 18.9 Å². The van der Waals surface area contributed by atoms with Crippen LogP contribution in [0.4, 0.5) is 0 Å². The number of hydrogen-bond donors (Lipinski definition) is 2. The zero-order chi connectivity index (χ0) is 17.6. The Labute approximate surface area is 149 Å². The van der Waals surface area contributed by atoms with Crippen LogP contribution in [0.15, 0.2) is 16.2 Å². The third-order valence-corrected chi connectivity index (χ3v) is 6.45. The van der Waals surface area contributed by atoms with Gasteiger partial charge in [0.1, 0.15) is 5.82 Å². The molecule has 1 saturated carbocycles. The Balaban J connectivity index is 1.65. The molecule has 132 valence electrons. The van der Waals surface area contributed by atoms with Gasteiger partial charge in [-0.25, -0.2) is 4.98 Å². The Kier molecular flexibility index (Phi) is 3.91. The van der Waals surface area contributed by atoms with E-state index in [1.54, 1.807) is 15.9 Å². The smallest absolute Gasteiger partial charge is 0.296 e. The van der Waals surface area contributed by atoms with Crippen molar-refractivity contribution in [3.05, 3.63) is 43.8 Å². The number of rotatable bonds is 3. The zero-order valence-corrected chi connectivity index (χ0v) is 15.0. The second-order valence-corrected chi connectivity index (χ2v) is 8.10. The molecule has 1 spiro atoms. The van der Waals surface area contributed by atoms with Crippen LogP contribution >= 0.6 is 11.3 Å². The molecule has 7 heteroatoms. The average Bonchev–Trinajstić information content (AvgIpc) is 2.99. The van der Waals surface area contributed by atoms with Crippen molar-refractivity contribution in [2.75, 3.05) is 0 Å². The number of aryl methyl sites for hydroxylation is 1. The number of aromatic hydroxyl groups is 1. The summed E-state index contributed by atoms with van der Waals surface area (Å²) in [4.78, 5) is 30.6. The predicted octanol–water partition coefficient (Wildman–Crippen LogP) is 2.46. The summed E-state index contributed by atoms with van der Waals surface area (Å²) in [5.74, 6) is -0.353. The highest BCUT2D eigenvalue weighted by Crippen LogP contribution is 2.48. The first-order valence-electron chi connectivity index (χ1n) is 8.67. The molecule has 4 rings (SSSR count). The number of carbonyl (C=O) groups excluding carboxylic acids is 1. The molecule has 25 heavy (non-hydrogen) atoms. The molecule has 0 aromatic carbocycles. The van der Waals surface area contributed by atoms with Gasteiger partial charge in [0.05, 0.1) is 6.54 Å². The van der Waals surface area contributed by atoms with Crippen molar-refractivity contribution in [3.8, 4) is 5.75 Å². The van der Waals surface area contributed by atoms with Crippen LogP contribution < -0.4 is 10.9 Å². The Morgan fingerprint density at radius 2 is 2.16 bits per heavy atom. The van der Waals surface area contributed by atoms with E-state index in [1.165, 1.54) is 0 Å². The number of hydrogen-bond acceptors (Lipinski definition) is 5. The molecule has 0 saturated heterocycles. The van der Waals surface area contributed by atoms with Gasteiger partial charge in [-0.1, -0.05) is 6.42 Å². The van der Waals surface area contributed by atoms with Gasteiger partial charge in [0, 0.05) is 16.8 Å². The highest BCUT2D eigenvalue weighted by molar-refractivity contribution is 7.10. The Morgan fingerprint density at radius 3 is 2.80 bits per heavy atom. The normalized spacial score (nSPS) is 17.8. The van der Waals surface area contributed by atoms with Gasteiger partial charge in [-0.05, 0) is 49.6 Å². The third-order valence-electron chi connectivity index (χ3n) is 5.39. The number of thiophene rings is 1. The van der Waals surface area contributed by atoms with E-state index in [9.17, 15) is 14.7 Å². The van der Waals surface area contributed by atoms with E-state index in [-0.39, 0.29) is 11.1 Å². The maximum absolute atomic E-state index is 12.5. The zero-order valence-electron chi connectivity index (χ0n) is 14.2. The van der Waals surface area contributed by atoms with Crippen LogP contribution in [0, 0.1) is 6.92 Å². The molecule has 0 atom stereocenters. The standard InChI is InChI=1S/C18H21N3O3S/c1-11-8-12(25-10-11)9-19-15(23)13-14(22)16(24)21-7-3-6-18(4-2-5-18)17(21)20-13/h8,10,22H,2-7,9H2,1H3,(H,19,23). The molecule has 0 unspecified atom stereocenters. The van der Waals surface area contributed by atoms with Gasteiger partial charge in [-0.3, -0.25) is 14.2 Å². The average molecular weight is 359 g/mol. The number of nitrogens with zero attached hydrogens (tertiary/aromatic N) is 2. The van der Waals surface area contributed by atoms with Crippen molar-refractivity contribution < 1.29 is 9.90 Å². The van der Waals surface area contributed by atoms with E-state index in [2.05, 4.69) is 10.3 Å². The summed E-state index contributed by atoms with van der Waals surface area (Å²) in [6, 6.07) is 2.00. The van der Waals surface area contributed by atoms with Crippen LogP contribution in [0.1, 0.15) is 58.9 Å². The second kappa shape index (κ2) is 5.98. The molecule has 2 aliphatic rings. The monoisotopic (exact) mass is 359 g/mol. The van der Waals surface area contributed by atoms with Crippen LogP contribution in [0.25, 0.3) is 0 Å². The molecule has 0 bridgehead atoms. The number of carbonyl (C=O) groups is 1. The lowest BCUT2D eigenvalue weighted by Crippen LogP contribution is -2.45. The lowest BCUT2D eigenvalue weighted by Gasteiger charge is -2.45. The fourth-order valence-electron chi connectivity index (χ4n) is 3.91. The van der Waals surface area contributed by atoms with Crippen molar-refractivity contribution in [1.82, 2.24) is 14.9 Å². The number of amides is 1. The molecule has 0 radical (unpaired) electrons. The summed E-state index contributed by atoms with van der Waals surface area (Å²) in [7, 11) is 0. The van der Waals surface area contributed by atoms with E-state index in [1.807, 2.05) is 18.4 Å². The molecule has 1 amide bonds. The Bertz CT molecular complexity index is 895. The molecular formula is C18H21N3O3S. The maximum atomic E-state index is 12.5. The number of aromatic nitrogens is 2. The van der Waals surface area contributed by atoms with Crippen molar-refractivity contribution >= 4 is 17.2 Å². The van der Waals surface area contributed by atoms with E-state index in [4.69, 9.17) is 0 Å². The van der Waals surface area contributed by atoms with E-state index >= 15 is 0 Å². The quantitative estimate of drug-likeness (QED) is 0.882. The molecular weight excluding hydrogens is 338 g/mol. The van der Waals surface area contributed by atoms with Crippen LogP contribution in [-0.4, -0.2) is 20.6 Å². The lowest BCUT2D eigenvalue weighted by atomic mass is 9.64. The molecule has 2 aromatic heterocycles. The summed E-state index contributed by atoms with van der Waals surface area (Å²) in [6.07, 6.45) is 5.03. The molecule has 3 heterocycles. The van der Waals surface area contributed by atoms with Gasteiger partial charge in [0.25, 0.3) is 11.5 Å². The second-order valence-electron chi connectivity index (χ2n) is 7.10. The molecule has 1 fully saturated rings.